The Morgan fingerprint density at radius 3 is 2.05 bits per heavy atom. The van der Waals surface area contributed by atoms with Gasteiger partial charge in [-0.1, -0.05) is 17.7 Å². The summed E-state index contributed by atoms with van der Waals surface area (Å²) >= 11 is 0. The maximum Gasteiger partial charge on any atom is 0.0570 e. The van der Waals surface area contributed by atoms with E-state index < -0.39 is 0 Å². The Kier molecular flexibility index (Phi) is 3.87. The first-order valence-electron chi connectivity index (χ1n) is 8.98. The van der Waals surface area contributed by atoms with Gasteiger partial charge in [0.2, 0.25) is 0 Å². The van der Waals surface area contributed by atoms with E-state index in [4.69, 9.17) is 0 Å². The molecule has 0 spiro atoms. The number of rotatable bonds is 2. The summed E-state index contributed by atoms with van der Waals surface area (Å²) in [5, 5.41) is 9.98. The topological polar surface area (TPSA) is 26.7 Å². The van der Waals surface area contributed by atoms with Crippen LogP contribution in [0.25, 0.3) is 0 Å². The molecule has 3 fully saturated rings. The lowest BCUT2D eigenvalue weighted by molar-refractivity contribution is 0.00419. The quantitative estimate of drug-likeness (QED) is 0.909. The van der Waals surface area contributed by atoms with Gasteiger partial charge in [-0.25, -0.2) is 0 Å². The molecule has 4 rings (SSSR count). The largest absolute Gasteiger partial charge is 0.393 e. The maximum atomic E-state index is 9.98. The summed E-state index contributed by atoms with van der Waals surface area (Å²) in [4.78, 5) is 5.33. The van der Waals surface area contributed by atoms with E-state index in [0.717, 1.165) is 18.9 Å². The Morgan fingerprint density at radius 2 is 1.45 bits per heavy atom. The van der Waals surface area contributed by atoms with Crippen LogP contribution in [-0.2, 0) is 0 Å². The van der Waals surface area contributed by atoms with Crippen LogP contribution in [0.4, 0.5) is 5.69 Å². The van der Waals surface area contributed by atoms with Gasteiger partial charge in [0.05, 0.1) is 6.10 Å². The van der Waals surface area contributed by atoms with Crippen molar-refractivity contribution < 1.29 is 5.11 Å². The highest BCUT2D eigenvalue weighted by molar-refractivity contribution is 5.47. The Balaban J connectivity index is 1.39. The maximum absolute atomic E-state index is 9.98. The molecule has 0 radical (unpaired) electrons. The molecule has 3 nitrogen and oxygen atoms in total. The van der Waals surface area contributed by atoms with Crippen molar-refractivity contribution in [2.45, 2.75) is 69.7 Å². The molecule has 0 aromatic heterocycles. The number of aliphatic hydroxyl groups is 1. The molecule has 2 bridgehead atoms. The number of fused-ring (bicyclic) bond motifs is 2. The molecule has 1 N–H and O–H groups in total. The number of nitrogens with zero attached hydrogens (tertiary/aromatic N) is 2. The first-order valence-corrected chi connectivity index (χ1v) is 8.98. The summed E-state index contributed by atoms with van der Waals surface area (Å²) in [6.45, 7) is 4.50. The number of hydrogen-bond donors (Lipinski definition) is 1. The van der Waals surface area contributed by atoms with Crippen LogP contribution in [0.3, 0.4) is 0 Å². The zero-order chi connectivity index (χ0) is 15.1. The monoisotopic (exact) mass is 300 g/mol. The van der Waals surface area contributed by atoms with Crippen molar-refractivity contribution in [1.82, 2.24) is 4.90 Å². The van der Waals surface area contributed by atoms with Gasteiger partial charge in [-0.2, -0.15) is 0 Å². The summed E-state index contributed by atoms with van der Waals surface area (Å²) in [6, 6.07) is 11.0. The molecule has 3 aliphatic rings. The first kappa shape index (κ1) is 14.5. The fourth-order valence-electron chi connectivity index (χ4n) is 4.96. The van der Waals surface area contributed by atoms with Crippen molar-refractivity contribution >= 4 is 5.69 Å². The highest BCUT2D eigenvalue weighted by Gasteiger charge is 2.43. The molecule has 3 aliphatic heterocycles. The van der Waals surface area contributed by atoms with Crippen LogP contribution in [0, 0.1) is 6.92 Å². The molecular formula is C19H28N2O. The second-order valence-corrected chi connectivity index (χ2v) is 7.51. The van der Waals surface area contributed by atoms with Crippen molar-refractivity contribution in [3.8, 4) is 0 Å². The lowest BCUT2D eigenvalue weighted by atomic mass is 9.93. The van der Waals surface area contributed by atoms with Crippen LogP contribution in [0.2, 0.25) is 0 Å². The normalized spacial score (nSPS) is 33.4. The molecule has 3 heteroatoms. The van der Waals surface area contributed by atoms with Crippen molar-refractivity contribution in [1.29, 1.82) is 0 Å². The van der Waals surface area contributed by atoms with Crippen LogP contribution in [0.1, 0.15) is 44.1 Å². The third-order valence-corrected chi connectivity index (χ3v) is 6.05. The minimum Gasteiger partial charge on any atom is -0.393 e. The van der Waals surface area contributed by atoms with Gasteiger partial charge in [0.1, 0.15) is 0 Å². The van der Waals surface area contributed by atoms with E-state index in [1.807, 2.05) is 0 Å². The third kappa shape index (κ3) is 2.65. The summed E-state index contributed by atoms with van der Waals surface area (Å²) in [5.41, 5.74) is 2.71. The Labute approximate surface area is 133 Å². The van der Waals surface area contributed by atoms with Gasteiger partial charge in [-0.15, -0.1) is 0 Å². The number of hydrogen-bond acceptors (Lipinski definition) is 3. The molecule has 0 amide bonds. The SMILES string of the molecule is Cc1ccc(N2CCC(N3[C@@H]4CC[C@H]3CC(O)C4)CC2)cc1. The third-order valence-electron chi connectivity index (χ3n) is 6.05. The van der Waals surface area contributed by atoms with Crippen LogP contribution < -0.4 is 4.90 Å². The number of benzene rings is 1. The van der Waals surface area contributed by atoms with E-state index in [9.17, 15) is 5.11 Å². The average Bonchev–Trinajstić information content (AvgIpc) is 2.80. The van der Waals surface area contributed by atoms with Crippen molar-refractivity contribution in [2.75, 3.05) is 18.0 Å². The minimum absolute atomic E-state index is 0.0404. The second kappa shape index (κ2) is 5.86. The van der Waals surface area contributed by atoms with Crippen molar-refractivity contribution in [3.05, 3.63) is 29.8 Å². The van der Waals surface area contributed by atoms with Crippen LogP contribution in [-0.4, -0.2) is 47.3 Å². The Hall–Kier alpha value is -1.06. The van der Waals surface area contributed by atoms with Crippen LogP contribution in [0.5, 0.6) is 0 Å². The predicted molar refractivity (Wildman–Crippen MR) is 90.3 cm³/mol. The average molecular weight is 300 g/mol. The molecule has 1 aromatic carbocycles. The molecule has 1 aromatic rings. The molecule has 1 unspecified atom stereocenters. The molecule has 3 heterocycles. The lowest BCUT2D eigenvalue weighted by Crippen LogP contribution is -2.53. The van der Waals surface area contributed by atoms with Gasteiger partial charge < -0.3 is 10.0 Å². The van der Waals surface area contributed by atoms with Crippen LogP contribution in [0.15, 0.2) is 24.3 Å². The summed E-state index contributed by atoms with van der Waals surface area (Å²) in [5.74, 6) is 0. The van der Waals surface area contributed by atoms with E-state index in [1.54, 1.807) is 0 Å². The van der Waals surface area contributed by atoms with Gasteiger partial charge in [0.15, 0.2) is 0 Å². The molecular weight excluding hydrogens is 272 g/mol. The minimum atomic E-state index is -0.0404. The molecule has 22 heavy (non-hydrogen) atoms. The van der Waals surface area contributed by atoms with E-state index >= 15 is 0 Å². The number of aryl methyl sites for hydroxylation is 1. The Morgan fingerprint density at radius 1 is 0.864 bits per heavy atom. The van der Waals surface area contributed by atoms with Crippen LogP contribution >= 0.6 is 0 Å². The zero-order valence-electron chi connectivity index (χ0n) is 13.6. The smallest absolute Gasteiger partial charge is 0.0570 e. The first-order chi connectivity index (χ1) is 10.7. The fourth-order valence-corrected chi connectivity index (χ4v) is 4.96. The molecule has 120 valence electrons. The molecule has 0 aliphatic carbocycles. The predicted octanol–water partition coefficient (Wildman–Crippen LogP) is 2.95. The lowest BCUT2D eigenvalue weighted by Gasteiger charge is -2.46. The van der Waals surface area contributed by atoms with Gasteiger partial charge in [0, 0.05) is 36.9 Å². The van der Waals surface area contributed by atoms with E-state index in [2.05, 4.69) is 41.0 Å². The Bertz CT molecular complexity index is 493. The van der Waals surface area contributed by atoms with Gasteiger partial charge in [-0.3, -0.25) is 4.90 Å². The number of anilines is 1. The highest BCUT2D eigenvalue weighted by atomic mass is 16.3. The van der Waals surface area contributed by atoms with E-state index in [0.29, 0.717) is 12.1 Å². The van der Waals surface area contributed by atoms with Crippen molar-refractivity contribution in [3.63, 3.8) is 0 Å². The van der Waals surface area contributed by atoms with Gasteiger partial charge in [-0.05, 0) is 57.6 Å². The second-order valence-electron chi connectivity index (χ2n) is 7.51. The van der Waals surface area contributed by atoms with Gasteiger partial charge >= 0.3 is 0 Å². The van der Waals surface area contributed by atoms with E-state index in [-0.39, 0.29) is 6.10 Å². The molecule has 0 saturated carbocycles. The fraction of sp³-hybridized carbons (Fsp3) is 0.684. The van der Waals surface area contributed by atoms with E-state index in [1.165, 1.54) is 50.0 Å². The summed E-state index contributed by atoms with van der Waals surface area (Å²) in [6.07, 6.45) is 7.14. The standard InChI is InChI=1S/C19H28N2O/c1-14-2-4-15(5-3-14)20-10-8-16(9-11-20)21-17-6-7-18(21)13-19(22)12-17/h2-5,16-19,22H,6-13H2,1H3/t17-,18+,19?. The number of aliphatic hydroxyl groups excluding tert-OH is 1. The zero-order valence-corrected chi connectivity index (χ0v) is 13.6. The summed E-state index contributed by atoms with van der Waals surface area (Å²) < 4.78 is 0. The summed E-state index contributed by atoms with van der Waals surface area (Å²) in [7, 11) is 0. The van der Waals surface area contributed by atoms with Gasteiger partial charge in [0.25, 0.3) is 0 Å². The number of piperidine rings is 2. The molecule has 3 saturated heterocycles. The molecule has 3 atom stereocenters. The highest BCUT2D eigenvalue weighted by Crippen LogP contribution is 2.39. The van der Waals surface area contributed by atoms with Crippen molar-refractivity contribution in [2.24, 2.45) is 0 Å².